The number of hydrazine groups is 1. The van der Waals surface area contributed by atoms with Crippen molar-refractivity contribution in [3.8, 4) is 0 Å². The van der Waals surface area contributed by atoms with Gasteiger partial charge in [-0.05, 0) is 20.8 Å². The Labute approximate surface area is 116 Å². The minimum Gasteiger partial charge on any atom is -0.569 e. The van der Waals surface area contributed by atoms with Gasteiger partial charge in [0.1, 0.15) is 5.92 Å². The summed E-state index contributed by atoms with van der Waals surface area (Å²) in [6, 6.07) is 0. The van der Waals surface area contributed by atoms with E-state index >= 15 is 0 Å². The van der Waals surface area contributed by atoms with Crippen molar-refractivity contribution in [2.45, 2.75) is 34.0 Å². The highest BCUT2D eigenvalue weighted by Gasteiger charge is 2.38. The summed E-state index contributed by atoms with van der Waals surface area (Å²) in [6.45, 7) is 6.63. The smallest absolute Gasteiger partial charge is 0.314 e. The van der Waals surface area contributed by atoms with Gasteiger partial charge in [-0.1, -0.05) is 0 Å². The molecule has 1 N–H and O–H groups in total. The molecule has 0 aliphatic carbocycles. The molecule has 0 amide bonds. The van der Waals surface area contributed by atoms with E-state index in [9.17, 15) is 14.8 Å². The monoisotopic (exact) mass is 289 g/mol. The molecular formula is C11H19N3O6. The van der Waals surface area contributed by atoms with Crippen molar-refractivity contribution in [2.24, 2.45) is 16.6 Å². The second-order valence-corrected chi connectivity index (χ2v) is 5.57. The average molecular weight is 289 g/mol. The number of aliphatic carboxylic acids is 1. The van der Waals surface area contributed by atoms with Gasteiger partial charge in [0.25, 0.3) is 6.29 Å². The van der Waals surface area contributed by atoms with Crippen molar-refractivity contribution < 1.29 is 29.2 Å². The van der Waals surface area contributed by atoms with Gasteiger partial charge in [-0.2, -0.15) is 0 Å². The summed E-state index contributed by atoms with van der Waals surface area (Å²) in [5.41, 5.74) is -0.680. The standard InChI is InChI=1S/C11H19N3O6/c1-7(19-10(17)11(2,3)4)20-12-14(18)13-5-8(6-13)9(15)16/h7-8H,5-6H2,1-4H3,(H,15,16)/b14-12-. The Kier molecular flexibility index (Phi) is 4.74. The van der Waals surface area contributed by atoms with Gasteiger partial charge in [0, 0.05) is 6.92 Å². The third-order valence-electron chi connectivity index (χ3n) is 2.60. The van der Waals surface area contributed by atoms with Crippen LogP contribution in [0.4, 0.5) is 0 Å². The molecule has 1 heterocycles. The molecule has 1 atom stereocenters. The molecule has 9 heteroatoms. The molecule has 20 heavy (non-hydrogen) atoms. The quantitative estimate of drug-likeness (QED) is 0.261. The summed E-state index contributed by atoms with van der Waals surface area (Å²) in [7, 11) is 0. The topological polar surface area (TPSA) is 114 Å². The van der Waals surface area contributed by atoms with E-state index in [0.717, 1.165) is 5.01 Å². The zero-order valence-electron chi connectivity index (χ0n) is 11.9. The highest BCUT2D eigenvalue weighted by molar-refractivity contribution is 5.75. The first-order chi connectivity index (χ1) is 9.11. The van der Waals surface area contributed by atoms with Gasteiger partial charge in [0.05, 0.1) is 23.5 Å². The lowest BCUT2D eigenvalue weighted by Gasteiger charge is -2.31. The zero-order valence-corrected chi connectivity index (χ0v) is 11.9. The molecule has 1 rings (SSSR count). The summed E-state index contributed by atoms with van der Waals surface area (Å²) >= 11 is 0. The third kappa shape index (κ3) is 4.25. The summed E-state index contributed by atoms with van der Waals surface area (Å²) in [6.07, 6.45) is -1.00. The fraction of sp³-hybridized carbons (Fsp3) is 0.818. The van der Waals surface area contributed by atoms with E-state index in [-0.39, 0.29) is 18.1 Å². The number of nitrogens with zero attached hydrogens (tertiary/aromatic N) is 3. The molecular weight excluding hydrogens is 270 g/mol. The maximum atomic E-state index is 11.5. The van der Waals surface area contributed by atoms with Crippen LogP contribution in [0.1, 0.15) is 27.7 Å². The molecule has 0 bridgehead atoms. The lowest BCUT2D eigenvalue weighted by Crippen LogP contribution is -2.53. The van der Waals surface area contributed by atoms with Crippen LogP contribution in [0.3, 0.4) is 0 Å². The van der Waals surface area contributed by atoms with E-state index in [2.05, 4.69) is 5.28 Å². The number of carboxylic acid groups (broad SMARTS) is 1. The summed E-state index contributed by atoms with van der Waals surface area (Å²) in [5.74, 6) is -2.01. The second kappa shape index (κ2) is 5.93. The van der Waals surface area contributed by atoms with Gasteiger partial charge in [-0.3, -0.25) is 14.4 Å². The Morgan fingerprint density at radius 3 is 2.45 bits per heavy atom. The first-order valence-corrected chi connectivity index (χ1v) is 6.14. The van der Waals surface area contributed by atoms with Gasteiger partial charge in [0.15, 0.2) is 0 Å². The van der Waals surface area contributed by atoms with Crippen LogP contribution in [0.2, 0.25) is 0 Å². The molecule has 1 saturated heterocycles. The molecule has 9 nitrogen and oxygen atoms in total. The molecule has 1 aliphatic rings. The third-order valence-corrected chi connectivity index (χ3v) is 2.60. The fourth-order valence-electron chi connectivity index (χ4n) is 1.26. The number of carboxylic acids is 1. The molecule has 0 radical (unpaired) electrons. The lowest BCUT2D eigenvalue weighted by molar-refractivity contribution is -0.727. The van der Waals surface area contributed by atoms with Gasteiger partial charge < -0.3 is 15.1 Å². The fourth-order valence-corrected chi connectivity index (χ4v) is 1.26. The number of ether oxygens (including phenoxy) is 1. The molecule has 0 spiro atoms. The maximum absolute atomic E-state index is 11.5. The van der Waals surface area contributed by atoms with Crippen molar-refractivity contribution in [3.05, 3.63) is 5.21 Å². The van der Waals surface area contributed by atoms with Crippen molar-refractivity contribution >= 4 is 11.9 Å². The number of hydrogen-bond acceptors (Lipinski definition) is 6. The number of esters is 1. The molecule has 1 aliphatic heterocycles. The molecule has 0 aromatic carbocycles. The minimum absolute atomic E-state index is 0.0713. The van der Waals surface area contributed by atoms with Crippen molar-refractivity contribution in [3.63, 3.8) is 0 Å². The van der Waals surface area contributed by atoms with Crippen LogP contribution in [-0.4, -0.2) is 46.4 Å². The zero-order chi connectivity index (χ0) is 15.5. The Morgan fingerprint density at radius 2 is 2.00 bits per heavy atom. The Balaban J connectivity index is 2.37. The molecule has 0 aromatic rings. The van der Waals surface area contributed by atoms with E-state index in [1.54, 1.807) is 20.8 Å². The first kappa shape index (κ1) is 16.0. The van der Waals surface area contributed by atoms with Gasteiger partial charge in [-0.15, -0.1) is 5.01 Å². The van der Waals surface area contributed by atoms with Crippen molar-refractivity contribution in [2.75, 3.05) is 13.1 Å². The molecule has 0 aromatic heterocycles. The number of carbonyl (C=O) groups excluding carboxylic acids is 1. The van der Waals surface area contributed by atoms with Gasteiger partial charge >= 0.3 is 11.9 Å². The van der Waals surface area contributed by atoms with Gasteiger partial charge in [-0.25, -0.2) is 0 Å². The van der Waals surface area contributed by atoms with Crippen LogP contribution in [-0.2, 0) is 19.2 Å². The SMILES string of the molecule is CC(O/N=[N+](\[O-])N1CC(C(=O)O)C1)OC(=O)C(C)(C)C. The van der Waals surface area contributed by atoms with Crippen LogP contribution < -0.4 is 0 Å². The number of carbonyl (C=O) groups is 2. The van der Waals surface area contributed by atoms with Crippen LogP contribution >= 0.6 is 0 Å². The van der Waals surface area contributed by atoms with E-state index in [1.165, 1.54) is 6.92 Å². The summed E-state index contributed by atoms with van der Waals surface area (Å²) < 4.78 is 4.92. The summed E-state index contributed by atoms with van der Waals surface area (Å²) in [4.78, 5) is 27.0. The predicted octanol–water partition coefficient (Wildman–Crippen LogP) is 0.747. The molecule has 114 valence electrons. The lowest BCUT2D eigenvalue weighted by atomic mass is 9.97. The second-order valence-electron chi connectivity index (χ2n) is 5.57. The maximum Gasteiger partial charge on any atom is 0.314 e. The average Bonchev–Trinajstić information content (AvgIpc) is 2.22. The van der Waals surface area contributed by atoms with E-state index in [1.807, 2.05) is 0 Å². The predicted molar refractivity (Wildman–Crippen MR) is 64.8 cm³/mol. The van der Waals surface area contributed by atoms with E-state index in [4.69, 9.17) is 14.7 Å². The Morgan fingerprint density at radius 1 is 1.45 bits per heavy atom. The first-order valence-electron chi connectivity index (χ1n) is 6.14. The van der Waals surface area contributed by atoms with Gasteiger partial charge in [0.2, 0.25) is 5.28 Å². The van der Waals surface area contributed by atoms with Crippen LogP contribution in [0.5, 0.6) is 0 Å². The Bertz CT molecular complexity index is 411. The van der Waals surface area contributed by atoms with Crippen molar-refractivity contribution in [1.82, 2.24) is 5.01 Å². The van der Waals surface area contributed by atoms with Crippen molar-refractivity contribution in [1.29, 1.82) is 0 Å². The van der Waals surface area contributed by atoms with E-state index in [0.29, 0.717) is 0 Å². The minimum atomic E-state index is -1.00. The number of hydrogen-bond donors (Lipinski definition) is 1. The normalized spacial score (nSPS) is 18.2. The number of rotatable bonds is 5. The van der Waals surface area contributed by atoms with E-state index < -0.39 is 29.6 Å². The Hall–Kier alpha value is -2.06. The van der Waals surface area contributed by atoms with Crippen LogP contribution in [0.15, 0.2) is 5.28 Å². The summed E-state index contributed by atoms with van der Waals surface area (Å²) in [5, 5.41) is 24.4. The molecule has 0 saturated carbocycles. The van der Waals surface area contributed by atoms with Crippen LogP contribution in [0.25, 0.3) is 0 Å². The highest BCUT2D eigenvalue weighted by atomic mass is 16.8. The molecule has 1 unspecified atom stereocenters. The largest absolute Gasteiger partial charge is 0.569 e. The molecule has 1 fully saturated rings. The highest BCUT2D eigenvalue weighted by Crippen LogP contribution is 2.17. The van der Waals surface area contributed by atoms with Crippen LogP contribution in [0, 0.1) is 16.5 Å².